The van der Waals surface area contributed by atoms with Crippen LogP contribution < -0.4 is 10.2 Å². The Morgan fingerprint density at radius 1 is 1.07 bits per heavy atom. The van der Waals surface area contributed by atoms with E-state index in [1.165, 1.54) is 0 Å². The van der Waals surface area contributed by atoms with Crippen LogP contribution in [0.15, 0.2) is 46.9 Å². The van der Waals surface area contributed by atoms with Gasteiger partial charge in [0.15, 0.2) is 0 Å². The molecule has 1 heterocycles. The molecule has 1 fully saturated rings. The van der Waals surface area contributed by atoms with Gasteiger partial charge in [0.25, 0.3) is 0 Å². The lowest BCUT2D eigenvalue weighted by atomic mass is 9.78. The van der Waals surface area contributed by atoms with Crippen molar-refractivity contribution in [3.63, 3.8) is 0 Å². The first-order valence-corrected chi connectivity index (χ1v) is 9.26. The van der Waals surface area contributed by atoms with E-state index in [1.54, 1.807) is 36.2 Å². The minimum Gasteiger partial charge on any atom is -0.494 e. The molecule has 1 aliphatic rings. The molecule has 1 aliphatic heterocycles. The third kappa shape index (κ3) is 5.11. The fourth-order valence-electron chi connectivity index (χ4n) is 2.66. The first-order valence-electron chi connectivity index (χ1n) is 8.46. The molecular formula is C19H19BBrNO5. The maximum absolute atomic E-state index is 11.8. The number of rotatable bonds is 4. The van der Waals surface area contributed by atoms with Crippen LogP contribution in [0.2, 0.25) is 0 Å². The van der Waals surface area contributed by atoms with Crippen LogP contribution in [-0.4, -0.2) is 44.1 Å². The van der Waals surface area contributed by atoms with E-state index < -0.39 is 19.1 Å². The van der Waals surface area contributed by atoms with E-state index in [2.05, 4.69) is 15.9 Å². The van der Waals surface area contributed by atoms with Crippen molar-refractivity contribution >= 4 is 40.4 Å². The summed E-state index contributed by atoms with van der Waals surface area (Å²) in [6.45, 7) is 2.54. The summed E-state index contributed by atoms with van der Waals surface area (Å²) < 4.78 is 17.4. The van der Waals surface area contributed by atoms with Crippen molar-refractivity contribution in [2.75, 3.05) is 20.1 Å². The van der Waals surface area contributed by atoms with Crippen LogP contribution in [0.3, 0.4) is 0 Å². The summed E-state index contributed by atoms with van der Waals surface area (Å²) >= 11 is 3.51. The van der Waals surface area contributed by atoms with Crippen LogP contribution in [0, 0.1) is 6.92 Å². The first-order chi connectivity index (χ1) is 12.9. The molecule has 140 valence electrons. The molecule has 8 heteroatoms. The number of likely N-dealkylation sites (N-methyl/N-ethyl adjacent to an activating group) is 1. The predicted molar refractivity (Wildman–Crippen MR) is 105 cm³/mol. The molecule has 0 bridgehead atoms. The molecule has 3 rings (SSSR count). The standard InChI is InChI=1S/C19H19BBrNO5/c1-13-14(4-3-5-17(13)21)12-25-16-8-6-15(7-9-16)20-26-18(23)10-22(2)11-19(24)27-20/h3-9H,10-12H2,1-2H3. The average Bonchev–Trinajstić information content (AvgIpc) is 2.61. The fourth-order valence-corrected chi connectivity index (χ4v) is 3.07. The monoisotopic (exact) mass is 431 g/mol. The average molecular weight is 432 g/mol. The summed E-state index contributed by atoms with van der Waals surface area (Å²) in [6, 6.07) is 12.9. The largest absolute Gasteiger partial charge is 0.636 e. The highest BCUT2D eigenvalue weighted by atomic mass is 79.9. The molecule has 0 amide bonds. The minimum atomic E-state index is -1.04. The number of ether oxygens (including phenoxy) is 1. The number of carbonyl (C=O) groups is 2. The summed E-state index contributed by atoms with van der Waals surface area (Å²) in [6.07, 6.45) is 0. The number of hydrogen-bond acceptors (Lipinski definition) is 6. The third-order valence-electron chi connectivity index (χ3n) is 4.20. The van der Waals surface area contributed by atoms with Crippen molar-refractivity contribution in [3.8, 4) is 5.75 Å². The van der Waals surface area contributed by atoms with Crippen molar-refractivity contribution in [3.05, 3.63) is 58.1 Å². The first kappa shape index (κ1) is 19.4. The number of benzene rings is 2. The van der Waals surface area contributed by atoms with Crippen LogP contribution in [-0.2, 0) is 25.5 Å². The Morgan fingerprint density at radius 3 is 2.33 bits per heavy atom. The summed E-state index contributed by atoms with van der Waals surface area (Å²) in [5, 5.41) is 0. The molecule has 27 heavy (non-hydrogen) atoms. The van der Waals surface area contributed by atoms with E-state index in [0.29, 0.717) is 17.8 Å². The lowest BCUT2D eigenvalue weighted by molar-refractivity contribution is -0.145. The molecule has 2 aromatic carbocycles. The van der Waals surface area contributed by atoms with E-state index in [4.69, 9.17) is 14.0 Å². The summed E-state index contributed by atoms with van der Waals surface area (Å²) in [7, 11) is 0.613. The van der Waals surface area contributed by atoms with Gasteiger partial charge in [-0.1, -0.05) is 40.2 Å². The highest BCUT2D eigenvalue weighted by molar-refractivity contribution is 9.10. The second-order valence-corrected chi connectivity index (χ2v) is 7.22. The number of nitrogens with zero attached hydrogens (tertiary/aromatic N) is 1. The molecule has 0 atom stereocenters. The van der Waals surface area contributed by atoms with Crippen molar-refractivity contribution < 1.29 is 23.6 Å². The number of carbonyl (C=O) groups excluding carboxylic acids is 2. The Balaban J connectivity index is 1.66. The Morgan fingerprint density at radius 2 is 1.70 bits per heavy atom. The van der Waals surface area contributed by atoms with Crippen LogP contribution in [0.4, 0.5) is 0 Å². The quantitative estimate of drug-likeness (QED) is 0.690. The summed E-state index contributed by atoms with van der Waals surface area (Å²) in [5.74, 6) is -0.220. The van der Waals surface area contributed by atoms with Gasteiger partial charge in [0.05, 0.1) is 13.1 Å². The maximum atomic E-state index is 11.8. The van der Waals surface area contributed by atoms with Gasteiger partial charge < -0.3 is 14.0 Å². The van der Waals surface area contributed by atoms with E-state index in [0.717, 1.165) is 15.6 Å². The van der Waals surface area contributed by atoms with Crippen LogP contribution in [0.25, 0.3) is 0 Å². The number of halogens is 1. The molecule has 6 nitrogen and oxygen atoms in total. The van der Waals surface area contributed by atoms with E-state index in [1.807, 2.05) is 25.1 Å². The van der Waals surface area contributed by atoms with Gasteiger partial charge in [0.1, 0.15) is 12.4 Å². The Bertz CT molecular complexity index is 822. The van der Waals surface area contributed by atoms with Gasteiger partial charge >= 0.3 is 19.1 Å². The van der Waals surface area contributed by atoms with Gasteiger partial charge in [-0.2, -0.15) is 0 Å². The summed E-state index contributed by atoms with van der Waals surface area (Å²) in [5.41, 5.74) is 2.79. The zero-order chi connectivity index (χ0) is 19.4. The molecule has 0 N–H and O–H groups in total. The highest BCUT2D eigenvalue weighted by Gasteiger charge is 2.33. The Hall–Kier alpha value is -2.32. The Kier molecular flexibility index (Phi) is 6.18. The molecule has 1 saturated heterocycles. The van der Waals surface area contributed by atoms with Crippen LogP contribution >= 0.6 is 15.9 Å². The predicted octanol–water partition coefficient (Wildman–Crippen LogP) is 2.06. The van der Waals surface area contributed by atoms with Crippen molar-refractivity contribution in [2.45, 2.75) is 13.5 Å². The molecule has 0 saturated carbocycles. The second kappa shape index (κ2) is 8.58. The molecule has 2 aromatic rings. The van der Waals surface area contributed by atoms with Crippen LogP contribution in [0.1, 0.15) is 11.1 Å². The fraction of sp³-hybridized carbons (Fsp3) is 0.263. The zero-order valence-corrected chi connectivity index (χ0v) is 16.7. The second-order valence-electron chi connectivity index (χ2n) is 6.37. The smallest absolute Gasteiger partial charge is 0.494 e. The maximum Gasteiger partial charge on any atom is 0.636 e. The molecular weight excluding hydrogens is 413 g/mol. The normalized spacial score (nSPS) is 15.6. The number of hydrogen-bond donors (Lipinski definition) is 0. The third-order valence-corrected chi connectivity index (χ3v) is 5.06. The van der Waals surface area contributed by atoms with E-state index in [-0.39, 0.29) is 13.1 Å². The van der Waals surface area contributed by atoms with Gasteiger partial charge in [-0.05, 0) is 43.3 Å². The van der Waals surface area contributed by atoms with Crippen molar-refractivity contribution in [1.29, 1.82) is 0 Å². The van der Waals surface area contributed by atoms with Gasteiger partial charge in [0, 0.05) is 9.94 Å². The Labute approximate surface area is 166 Å². The van der Waals surface area contributed by atoms with Crippen molar-refractivity contribution in [2.24, 2.45) is 0 Å². The van der Waals surface area contributed by atoms with Gasteiger partial charge in [-0.25, -0.2) is 0 Å². The molecule has 0 aromatic heterocycles. The zero-order valence-electron chi connectivity index (χ0n) is 15.1. The van der Waals surface area contributed by atoms with Gasteiger partial charge in [0.2, 0.25) is 0 Å². The van der Waals surface area contributed by atoms with E-state index >= 15 is 0 Å². The summed E-state index contributed by atoms with van der Waals surface area (Å²) in [4.78, 5) is 25.2. The lowest BCUT2D eigenvalue weighted by Crippen LogP contribution is -2.47. The molecule has 0 radical (unpaired) electrons. The highest BCUT2D eigenvalue weighted by Crippen LogP contribution is 2.21. The topological polar surface area (TPSA) is 65.1 Å². The van der Waals surface area contributed by atoms with Crippen LogP contribution in [0.5, 0.6) is 5.75 Å². The van der Waals surface area contributed by atoms with Gasteiger partial charge in [-0.15, -0.1) is 0 Å². The molecule has 0 aliphatic carbocycles. The lowest BCUT2D eigenvalue weighted by Gasteiger charge is -2.22. The molecule has 0 spiro atoms. The van der Waals surface area contributed by atoms with Gasteiger partial charge in [-0.3, -0.25) is 14.5 Å². The van der Waals surface area contributed by atoms with Crippen molar-refractivity contribution in [1.82, 2.24) is 4.90 Å². The molecule has 0 unspecified atom stereocenters. The minimum absolute atomic E-state index is 0.0405. The SMILES string of the molecule is Cc1c(Br)cccc1COc1ccc(B2OC(=O)CN(C)CC(=O)O2)cc1. The van der Waals surface area contributed by atoms with E-state index in [9.17, 15) is 9.59 Å².